The van der Waals surface area contributed by atoms with Crippen LogP contribution in [0.3, 0.4) is 0 Å². The molecule has 3 atom stereocenters. The van der Waals surface area contributed by atoms with Crippen molar-refractivity contribution in [1.82, 2.24) is 4.90 Å². The highest BCUT2D eigenvalue weighted by molar-refractivity contribution is 6.37. The second-order valence-corrected chi connectivity index (χ2v) is 9.42. The molecule has 162 valence electrons. The molecule has 7 rings (SSSR count). The van der Waals surface area contributed by atoms with Gasteiger partial charge in [-0.3, -0.25) is 24.1 Å². The van der Waals surface area contributed by atoms with E-state index in [1.165, 1.54) is 4.90 Å². The van der Waals surface area contributed by atoms with Crippen molar-refractivity contribution in [1.29, 1.82) is 0 Å². The number of ketones is 2. The molecule has 0 N–H and O–H groups in total. The molecule has 0 unspecified atom stereocenters. The molecule has 33 heavy (non-hydrogen) atoms. The number of nitrogens with zero attached hydrogens (tertiary/aromatic N) is 2. The van der Waals surface area contributed by atoms with E-state index >= 15 is 0 Å². The number of imide groups is 1. The number of carbonyl (C=O) groups is 4. The summed E-state index contributed by atoms with van der Waals surface area (Å²) in [7, 11) is 0. The average Bonchev–Trinajstić information content (AvgIpc) is 3.53. The molecule has 2 amide bonds. The van der Waals surface area contributed by atoms with Crippen LogP contribution < -0.4 is 4.90 Å². The molecule has 0 saturated carbocycles. The first-order valence-corrected chi connectivity index (χ1v) is 11.4. The Labute approximate surface area is 189 Å². The van der Waals surface area contributed by atoms with Crippen LogP contribution >= 0.6 is 0 Å². The topological polar surface area (TPSA) is 74.8 Å². The van der Waals surface area contributed by atoms with E-state index in [2.05, 4.69) is 0 Å². The van der Waals surface area contributed by atoms with Gasteiger partial charge in [0.2, 0.25) is 11.8 Å². The van der Waals surface area contributed by atoms with Crippen molar-refractivity contribution < 1.29 is 19.2 Å². The van der Waals surface area contributed by atoms with Crippen molar-refractivity contribution in [2.24, 2.45) is 11.8 Å². The molecule has 3 fully saturated rings. The minimum atomic E-state index is -1.60. The van der Waals surface area contributed by atoms with E-state index in [4.69, 9.17) is 0 Å². The van der Waals surface area contributed by atoms with Crippen LogP contribution in [0.2, 0.25) is 0 Å². The summed E-state index contributed by atoms with van der Waals surface area (Å²) in [5, 5.41) is 1.93. The number of amides is 2. The van der Waals surface area contributed by atoms with Gasteiger partial charge in [0, 0.05) is 17.2 Å². The van der Waals surface area contributed by atoms with Gasteiger partial charge in [0.1, 0.15) is 0 Å². The first-order chi connectivity index (χ1) is 16.0. The van der Waals surface area contributed by atoms with Gasteiger partial charge < -0.3 is 0 Å². The standard InChI is InChI=1S/C27H20N2O4/c30-23-18-8-3-4-9-19(18)24(31)27(23)22-21(20-10-5-13-28(20)27)25(32)29(26(22)33)17-12-11-15-6-1-2-7-16(15)14-17/h1-4,6-9,11-12,14,20-22H,5,10,13H2/t20-,21-,22+/m1/s1. The lowest BCUT2D eigenvalue weighted by Gasteiger charge is -2.35. The average molecular weight is 436 g/mol. The van der Waals surface area contributed by atoms with E-state index in [0.29, 0.717) is 29.8 Å². The zero-order valence-electron chi connectivity index (χ0n) is 17.7. The lowest BCUT2D eigenvalue weighted by atomic mass is 9.76. The fraction of sp³-hybridized carbons (Fsp3) is 0.259. The van der Waals surface area contributed by atoms with Crippen molar-refractivity contribution in [3.05, 3.63) is 77.9 Å². The quantitative estimate of drug-likeness (QED) is 0.433. The normalized spacial score (nSPS) is 27.6. The van der Waals surface area contributed by atoms with Crippen LogP contribution in [0, 0.1) is 11.8 Å². The number of rotatable bonds is 1. The van der Waals surface area contributed by atoms with Gasteiger partial charge in [0.25, 0.3) is 0 Å². The number of Topliss-reactive ketones (excluding diaryl/α,β-unsaturated/α-hetero) is 2. The second kappa shape index (κ2) is 6.23. The fourth-order valence-corrected chi connectivity index (χ4v) is 6.81. The highest BCUT2D eigenvalue weighted by Gasteiger charge is 2.76. The minimum absolute atomic E-state index is 0.279. The van der Waals surface area contributed by atoms with Crippen LogP contribution in [-0.4, -0.2) is 46.4 Å². The molecule has 3 saturated heterocycles. The predicted octanol–water partition coefficient (Wildman–Crippen LogP) is 3.24. The number of hydrogen-bond donors (Lipinski definition) is 0. The number of benzene rings is 3. The molecule has 4 aliphatic rings. The van der Waals surface area contributed by atoms with E-state index in [9.17, 15) is 19.2 Å². The first kappa shape index (κ1) is 18.9. The molecule has 3 aromatic rings. The second-order valence-electron chi connectivity index (χ2n) is 9.42. The summed E-state index contributed by atoms with van der Waals surface area (Å²) in [6.07, 6.45) is 1.49. The SMILES string of the molecule is O=C1[C@@H]2[C@H]3CCCN3C3(C(=O)c4ccccc4C3=O)[C@@H]2C(=O)N1c1ccc2ccccc2c1. The maximum atomic E-state index is 13.9. The number of carbonyl (C=O) groups excluding carboxylic acids is 4. The minimum Gasteiger partial charge on any atom is -0.291 e. The Morgan fingerprint density at radius 2 is 1.42 bits per heavy atom. The van der Waals surface area contributed by atoms with Gasteiger partial charge in [-0.15, -0.1) is 0 Å². The smallest absolute Gasteiger partial charge is 0.240 e. The van der Waals surface area contributed by atoms with E-state index in [1.807, 2.05) is 41.3 Å². The summed E-state index contributed by atoms with van der Waals surface area (Å²) in [6, 6.07) is 19.8. The largest absolute Gasteiger partial charge is 0.291 e. The maximum Gasteiger partial charge on any atom is 0.240 e. The molecule has 0 aromatic heterocycles. The van der Waals surface area contributed by atoms with Crippen LogP contribution in [0.15, 0.2) is 66.7 Å². The molecule has 1 spiro atoms. The summed E-state index contributed by atoms with van der Waals surface area (Å²) in [5.74, 6) is -3.08. The summed E-state index contributed by atoms with van der Waals surface area (Å²) >= 11 is 0. The van der Waals surface area contributed by atoms with Gasteiger partial charge in [-0.05, 0) is 42.3 Å². The van der Waals surface area contributed by atoms with Gasteiger partial charge in [0.15, 0.2) is 17.1 Å². The van der Waals surface area contributed by atoms with Crippen molar-refractivity contribution in [3.63, 3.8) is 0 Å². The molecule has 0 bridgehead atoms. The van der Waals surface area contributed by atoms with Gasteiger partial charge in [-0.2, -0.15) is 0 Å². The monoisotopic (exact) mass is 436 g/mol. The molecule has 6 heteroatoms. The number of fused-ring (bicyclic) bond motifs is 7. The van der Waals surface area contributed by atoms with Crippen molar-refractivity contribution in [3.8, 4) is 0 Å². The molecule has 6 nitrogen and oxygen atoms in total. The van der Waals surface area contributed by atoms with Crippen LogP contribution in [-0.2, 0) is 9.59 Å². The number of hydrogen-bond acceptors (Lipinski definition) is 5. The fourth-order valence-electron chi connectivity index (χ4n) is 6.81. The van der Waals surface area contributed by atoms with E-state index in [1.54, 1.807) is 30.3 Å². The van der Waals surface area contributed by atoms with Gasteiger partial charge in [-0.1, -0.05) is 54.6 Å². The highest BCUT2D eigenvalue weighted by atomic mass is 16.2. The molecular weight excluding hydrogens is 416 g/mol. The zero-order chi connectivity index (χ0) is 22.5. The van der Waals surface area contributed by atoms with Crippen molar-refractivity contribution in [2.45, 2.75) is 24.4 Å². The lowest BCUT2D eigenvalue weighted by molar-refractivity contribution is -0.124. The molecular formula is C27H20N2O4. The van der Waals surface area contributed by atoms with E-state index in [0.717, 1.165) is 17.2 Å². The van der Waals surface area contributed by atoms with Gasteiger partial charge in [-0.25, -0.2) is 4.90 Å². The maximum absolute atomic E-state index is 13.9. The van der Waals surface area contributed by atoms with Crippen LogP contribution in [0.1, 0.15) is 33.6 Å². The third kappa shape index (κ3) is 2.08. The third-order valence-electron chi connectivity index (χ3n) is 8.07. The van der Waals surface area contributed by atoms with Gasteiger partial charge in [0.05, 0.1) is 17.5 Å². The van der Waals surface area contributed by atoms with E-state index in [-0.39, 0.29) is 23.5 Å². The van der Waals surface area contributed by atoms with Crippen molar-refractivity contribution in [2.75, 3.05) is 11.4 Å². The van der Waals surface area contributed by atoms with Crippen molar-refractivity contribution >= 4 is 39.8 Å². The van der Waals surface area contributed by atoms with E-state index < -0.39 is 23.3 Å². The predicted molar refractivity (Wildman–Crippen MR) is 121 cm³/mol. The summed E-state index contributed by atoms with van der Waals surface area (Å²) in [5.41, 5.74) is -0.391. The summed E-state index contributed by atoms with van der Waals surface area (Å²) in [4.78, 5) is 58.5. The first-order valence-electron chi connectivity index (χ1n) is 11.4. The lowest BCUT2D eigenvalue weighted by Crippen LogP contribution is -2.59. The molecule has 3 aromatic carbocycles. The molecule has 1 aliphatic carbocycles. The summed E-state index contributed by atoms with van der Waals surface area (Å²) in [6.45, 7) is 0.541. The van der Waals surface area contributed by atoms with Crippen LogP contribution in [0.5, 0.6) is 0 Å². The Balaban J connectivity index is 1.41. The van der Waals surface area contributed by atoms with Gasteiger partial charge >= 0.3 is 0 Å². The Kier molecular flexibility index (Phi) is 3.57. The Morgan fingerprint density at radius 1 is 0.758 bits per heavy atom. The molecule has 3 aliphatic heterocycles. The molecule has 3 heterocycles. The Morgan fingerprint density at radius 3 is 2.15 bits per heavy atom. The molecule has 0 radical (unpaired) electrons. The Hall–Kier alpha value is -3.64. The number of anilines is 1. The van der Waals surface area contributed by atoms with Crippen LogP contribution in [0.4, 0.5) is 5.69 Å². The third-order valence-corrected chi connectivity index (χ3v) is 8.07. The summed E-state index contributed by atoms with van der Waals surface area (Å²) < 4.78 is 0. The van der Waals surface area contributed by atoms with Crippen LogP contribution in [0.25, 0.3) is 10.8 Å². The Bertz CT molecular complexity index is 1390. The zero-order valence-corrected chi connectivity index (χ0v) is 17.7. The highest BCUT2D eigenvalue weighted by Crippen LogP contribution is 2.57.